The van der Waals surface area contributed by atoms with Crippen LogP contribution in [0.4, 0.5) is 0 Å². The zero-order valence-corrected chi connectivity index (χ0v) is 12.9. The summed E-state index contributed by atoms with van der Waals surface area (Å²) in [6.45, 7) is 4.40. The molecule has 1 atom stereocenters. The molecule has 6 heteroatoms. The molecule has 0 spiro atoms. The number of nitrogens with zero attached hydrogens (tertiary/aromatic N) is 2. The maximum absolute atomic E-state index is 12.1. The van der Waals surface area contributed by atoms with Crippen molar-refractivity contribution in [3.05, 3.63) is 0 Å². The summed E-state index contributed by atoms with van der Waals surface area (Å²) in [5.74, 6) is 0.0548. The number of carbonyl (C=O) groups is 2. The molecule has 2 aliphatic rings. The van der Waals surface area contributed by atoms with Crippen molar-refractivity contribution in [3.8, 4) is 0 Å². The van der Waals surface area contributed by atoms with Crippen LogP contribution in [0.25, 0.3) is 0 Å². The predicted molar refractivity (Wildman–Crippen MR) is 77.9 cm³/mol. The molecule has 1 amide bonds. The van der Waals surface area contributed by atoms with Gasteiger partial charge in [-0.3, -0.25) is 14.5 Å². The summed E-state index contributed by atoms with van der Waals surface area (Å²) >= 11 is 0. The van der Waals surface area contributed by atoms with E-state index in [1.165, 1.54) is 7.11 Å². The topological polar surface area (TPSA) is 59.1 Å². The molecule has 2 fully saturated rings. The lowest BCUT2D eigenvalue weighted by molar-refractivity contribution is -0.148. The first-order chi connectivity index (χ1) is 10.2. The number of carbonyl (C=O) groups excluding carboxylic acids is 2. The maximum atomic E-state index is 12.1. The largest absolute Gasteiger partial charge is 0.468 e. The molecule has 0 aromatic carbocycles. The quantitative estimate of drug-likeness (QED) is 0.698. The van der Waals surface area contributed by atoms with E-state index in [-0.39, 0.29) is 17.9 Å². The van der Waals surface area contributed by atoms with Crippen molar-refractivity contribution < 1.29 is 19.1 Å². The van der Waals surface area contributed by atoms with Crippen molar-refractivity contribution in [2.45, 2.75) is 38.1 Å². The predicted octanol–water partition coefficient (Wildman–Crippen LogP) is 0.653. The first kappa shape index (κ1) is 16.2. The van der Waals surface area contributed by atoms with Gasteiger partial charge in [-0.05, 0) is 32.4 Å². The van der Waals surface area contributed by atoms with E-state index in [4.69, 9.17) is 9.47 Å². The highest BCUT2D eigenvalue weighted by Gasteiger charge is 2.29. The van der Waals surface area contributed by atoms with Gasteiger partial charge in [0.1, 0.15) is 6.04 Å². The molecule has 2 saturated heterocycles. The average Bonchev–Trinajstić information content (AvgIpc) is 2.55. The Morgan fingerprint density at radius 1 is 1.19 bits per heavy atom. The van der Waals surface area contributed by atoms with Crippen LogP contribution < -0.4 is 0 Å². The summed E-state index contributed by atoms with van der Waals surface area (Å²) < 4.78 is 10.1. The van der Waals surface area contributed by atoms with Gasteiger partial charge in [-0.25, -0.2) is 0 Å². The summed E-state index contributed by atoms with van der Waals surface area (Å²) in [6, 6.07) is -0.123. The van der Waals surface area contributed by atoms with Gasteiger partial charge in [-0.1, -0.05) is 6.42 Å². The van der Waals surface area contributed by atoms with Gasteiger partial charge < -0.3 is 14.4 Å². The molecule has 0 aromatic heterocycles. The van der Waals surface area contributed by atoms with Crippen molar-refractivity contribution in [2.75, 3.05) is 46.5 Å². The number of amides is 1. The molecule has 2 heterocycles. The zero-order valence-electron chi connectivity index (χ0n) is 12.9. The highest BCUT2D eigenvalue weighted by atomic mass is 16.5. The highest BCUT2D eigenvalue weighted by molar-refractivity contribution is 5.76. The third-order valence-electron chi connectivity index (χ3n) is 4.29. The summed E-state index contributed by atoms with van der Waals surface area (Å²) in [7, 11) is 1.44. The second-order valence-electron chi connectivity index (χ2n) is 5.67. The smallest absolute Gasteiger partial charge is 0.323 e. The molecule has 21 heavy (non-hydrogen) atoms. The minimum absolute atomic E-state index is 0.123. The van der Waals surface area contributed by atoms with E-state index in [0.29, 0.717) is 32.7 Å². The van der Waals surface area contributed by atoms with Gasteiger partial charge in [0.05, 0.1) is 20.3 Å². The second kappa shape index (κ2) is 8.34. The van der Waals surface area contributed by atoms with E-state index in [2.05, 4.69) is 4.90 Å². The van der Waals surface area contributed by atoms with Gasteiger partial charge >= 0.3 is 5.97 Å². The third kappa shape index (κ3) is 4.68. The summed E-state index contributed by atoms with van der Waals surface area (Å²) in [6.07, 6.45) is 4.39. The van der Waals surface area contributed by atoms with Crippen LogP contribution in [0.1, 0.15) is 32.1 Å². The Morgan fingerprint density at radius 3 is 2.67 bits per heavy atom. The molecule has 2 aliphatic heterocycles. The lowest BCUT2D eigenvalue weighted by Crippen LogP contribution is -2.46. The zero-order chi connectivity index (χ0) is 15.1. The normalized spacial score (nSPS) is 23.9. The van der Waals surface area contributed by atoms with Crippen molar-refractivity contribution in [3.63, 3.8) is 0 Å². The third-order valence-corrected chi connectivity index (χ3v) is 4.29. The Hall–Kier alpha value is -1.14. The highest BCUT2D eigenvalue weighted by Crippen LogP contribution is 2.18. The Kier molecular flexibility index (Phi) is 6.45. The number of piperidine rings is 1. The van der Waals surface area contributed by atoms with E-state index in [9.17, 15) is 9.59 Å². The number of hydrogen-bond donors (Lipinski definition) is 0. The molecule has 0 N–H and O–H groups in total. The number of rotatable bonds is 5. The minimum atomic E-state index is -0.144. The molecule has 1 unspecified atom stereocenters. The fourth-order valence-corrected chi connectivity index (χ4v) is 3.07. The lowest BCUT2D eigenvalue weighted by atomic mass is 10.0. The summed E-state index contributed by atoms with van der Waals surface area (Å²) in [4.78, 5) is 27.9. The average molecular weight is 298 g/mol. The van der Waals surface area contributed by atoms with Crippen molar-refractivity contribution in [1.82, 2.24) is 9.80 Å². The van der Waals surface area contributed by atoms with Crippen LogP contribution in [0.5, 0.6) is 0 Å². The molecule has 0 radical (unpaired) electrons. The van der Waals surface area contributed by atoms with Crippen molar-refractivity contribution in [2.24, 2.45) is 0 Å². The molecule has 6 nitrogen and oxygen atoms in total. The number of esters is 1. The van der Waals surface area contributed by atoms with E-state index in [1.807, 2.05) is 4.90 Å². The van der Waals surface area contributed by atoms with Crippen LogP contribution in [0.3, 0.4) is 0 Å². The number of hydrogen-bond acceptors (Lipinski definition) is 5. The molecule has 2 rings (SSSR count). The Bertz CT molecular complexity index is 356. The molecular weight excluding hydrogens is 272 g/mol. The van der Waals surface area contributed by atoms with Crippen LogP contribution in [0.15, 0.2) is 0 Å². The maximum Gasteiger partial charge on any atom is 0.323 e. The standard InChI is InChI=1S/C15H26N2O4/c1-20-15(19)13-5-2-3-7-16(13)8-4-6-14(18)17-9-11-21-12-10-17/h13H,2-12H2,1H3. The van der Waals surface area contributed by atoms with E-state index in [0.717, 1.165) is 38.8 Å². The van der Waals surface area contributed by atoms with Gasteiger partial charge in [0.25, 0.3) is 0 Å². The fraction of sp³-hybridized carbons (Fsp3) is 0.867. The Labute approximate surface area is 126 Å². The fourth-order valence-electron chi connectivity index (χ4n) is 3.07. The molecule has 0 saturated carbocycles. The van der Waals surface area contributed by atoms with E-state index in [1.54, 1.807) is 0 Å². The summed E-state index contributed by atoms with van der Waals surface area (Å²) in [5.41, 5.74) is 0. The molecule has 0 bridgehead atoms. The van der Waals surface area contributed by atoms with Crippen molar-refractivity contribution >= 4 is 11.9 Å². The number of methoxy groups -OCH3 is 1. The van der Waals surface area contributed by atoms with Crippen molar-refractivity contribution in [1.29, 1.82) is 0 Å². The van der Waals surface area contributed by atoms with Crippen LogP contribution in [0.2, 0.25) is 0 Å². The van der Waals surface area contributed by atoms with Gasteiger partial charge in [0.15, 0.2) is 0 Å². The van der Waals surface area contributed by atoms with Crippen LogP contribution >= 0.6 is 0 Å². The van der Waals surface area contributed by atoms with Gasteiger partial charge in [-0.2, -0.15) is 0 Å². The molecule has 0 aromatic rings. The van der Waals surface area contributed by atoms with Gasteiger partial charge in [0.2, 0.25) is 5.91 Å². The molecular formula is C15H26N2O4. The Balaban J connectivity index is 1.73. The van der Waals surface area contributed by atoms with E-state index < -0.39 is 0 Å². The minimum Gasteiger partial charge on any atom is -0.468 e. The first-order valence-corrected chi connectivity index (χ1v) is 7.90. The number of ether oxygens (including phenoxy) is 2. The first-order valence-electron chi connectivity index (χ1n) is 7.90. The number of likely N-dealkylation sites (tertiary alicyclic amines) is 1. The monoisotopic (exact) mass is 298 g/mol. The Morgan fingerprint density at radius 2 is 1.95 bits per heavy atom. The summed E-state index contributed by atoms with van der Waals surface area (Å²) in [5, 5.41) is 0. The lowest BCUT2D eigenvalue weighted by Gasteiger charge is -2.34. The molecule has 0 aliphatic carbocycles. The van der Waals surface area contributed by atoms with Crippen LogP contribution in [-0.2, 0) is 19.1 Å². The second-order valence-corrected chi connectivity index (χ2v) is 5.67. The van der Waals surface area contributed by atoms with Gasteiger partial charge in [0, 0.05) is 19.5 Å². The van der Waals surface area contributed by atoms with Gasteiger partial charge in [-0.15, -0.1) is 0 Å². The SMILES string of the molecule is COC(=O)C1CCCCN1CCCC(=O)N1CCOCC1. The van der Waals surface area contributed by atoms with E-state index >= 15 is 0 Å². The molecule has 120 valence electrons. The number of morpholine rings is 1. The van der Waals surface area contributed by atoms with Crippen LogP contribution in [-0.4, -0.2) is 74.2 Å². The van der Waals surface area contributed by atoms with Crippen LogP contribution in [0, 0.1) is 0 Å².